The minimum Gasteiger partial charge on any atom is -0.497 e. The molecular formula is C18H22FNO3. The number of hydrogen-bond donors (Lipinski definition) is 1. The number of aliphatic hydroxyl groups excluding tert-OH is 1. The summed E-state index contributed by atoms with van der Waals surface area (Å²) in [4.78, 5) is 1.68. The number of anilines is 1. The molecule has 1 N–H and O–H groups in total. The summed E-state index contributed by atoms with van der Waals surface area (Å²) in [6.45, 7) is 0.854. The van der Waals surface area contributed by atoms with E-state index in [1.807, 2.05) is 24.3 Å². The Balaban J connectivity index is 1.78. The number of hydrogen-bond acceptors (Lipinski definition) is 4. The van der Waals surface area contributed by atoms with Crippen molar-refractivity contribution in [2.24, 2.45) is 0 Å². The highest BCUT2D eigenvalue weighted by Crippen LogP contribution is 2.17. The normalized spacial score (nSPS) is 12.0. The maximum absolute atomic E-state index is 13.7. The highest BCUT2D eigenvalue weighted by molar-refractivity contribution is 5.46. The molecule has 0 aliphatic carbocycles. The largest absolute Gasteiger partial charge is 0.497 e. The molecular weight excluding hydrogens is 297 g/mol. The van der Waals surface area contributed by atoms with Gasteiger partial charge in [-0.1, -0.05) is 24.3 Å². The lowest BCUT2D eigenvalue weighted by Crippen LogP contribution is -2.32. The van der Waals surface area contributed by atoms with Gasteiger partial charge in [0.25, 0.3) is 0 Å². The summed E-state index contributed by atoms with van der Waals surface area (Å²) in [6.07, 6.45) is -0.704. The number of halogens is 1. The van der Waals surface area contributed by atoms with Gasteiger partial charge in [-0.3, -0.25) is 0 Å². The Morgan fingerprint density at radius 3 is 2.70 bits per heavy atom. The molecule has 0 aliphatic heterocycles. The van der Waals surface area contributed by atoms with Crippen LogP contribution in [0.3, 0.4) is 0 Å². The number of para-hydroxylation sites is 1. The van der Waals surface area contributed by atoms with Gasteiger partial charge in [0.2, 0.25) is 0 Å². The van der Waals surface area contributed by atoms with Crippen molar-refractivity contribution in [1.82, 2.24) is 0 Å². The summed E-state index contributed by atoms with van der Waals surface area (Å²) in [5.74, 6) is 0.463. The Labute approximate surface area is 136 Å². The monoisotopic (exact) mass is 319 g/mol. The summed E-state index contributed by atoms with van der Waals surface area (Å²) in [7, 11) is 3.35. The predicted octanol–water partition coefficient (Wildman–Crippen LogP) is 2.85. The molecule has 0 saturated heterocycles. The van der Waals surface area contributed by atoms with Crippen molar-refractivity contribution in [1.29, 1.82) is 0 Å². The Morgan fingerprint density at radius 1 is 1.17 bits per heavy atom. The van der Waals surface area contributed by atoms with Crippen molar-refractivity contribution in [2.45, 2.75) is 12.7 Å². The zero-order chi connectivity index (χ0) is 16.7. The van der Waals surface area contributed by atoms with Crippen molar-refractivity contribution in [3.63, 3.8) is 0 Å². The quantitative estimate of drug-likeness (QED) is 0.812. The summed E-state index contributed by atoms with van der Waals surface area (Å²) in [5, 5.41) is 10.0. The third-order valence-corrected chi connectivity index (χ3v) is 3.46. The van der Waals surface area contributed by atoms with Crippen LogP contribution in [0.1, 0.15) is 5.56 Å². The molecule has 2 rings (SSSR count). The highest BCUT2D eigenvalue weighted by Gasteiger charge is 2.12. The molecule has 0 aliphatic rings. The first-order valence-electron chi connectivity index (χ1n) is 7.44. The Bertz CT molecular complexity index is 621. The number of methoxy groups -OCH3 is 1. The molecule has 0 aromatic heterocycles. The van der Waals surface area contributed by atoms with E-state index in [1.54, 1.807) is 37.3 Å². The van der Waals surface area contributed by atoms with Crippen LogP contribution in [0.15, 0.2) is 48.5 Å². The van der Waals surface area contributed by atoms with Gasteiger partial charge < -0.3 is 19.5 Å². The van der Waals surface area contributed by atoms with E-state index in [4.69, 9.17) is 9.47 Å². The van der Waals surface area contributed by atoms with E-state index in [9.17, 15) is 9.50 Å². The first-order chi connectivity index (χ1) is 11.1. The summed E-state index contributed by atoms with van der Waals surface area (Å²) in [6, 6.07) is 14.1. The van der Waals surface area contributed by atoms with Crippen LogP contribution in [0.2, 0.25) is 0 Å². The average Bonchev–Trinajstić information content (AvgIpc) is 2.55. The second-order valence-electron chi connectivity index (χ2n) is 5.35. The Hall–Kier alpha value is -2.11. The molecule has 1 unspecified atom stereocenters. The standard InChI is InChI=1S/C18H22FNO3/c1-20(18-9-4-3-8-17(18)19)11-15(21)13-23-12-14-6-5-7-16(10-14)22-2/h3-10,15,21H,11-13H2,1-2H3. The van der Waals surface area contributed by atoms with Crippen LogP contribution >= 0.6 is 0 Å². The number of benzene rings is 2. The van der Waals surface area contributed by atoms with Gasteiger partial charge in [0, 0.05) is 13.6 Å². The van der Waals surface area contributed by atoms with Crippen molar-refractivity contribution in [3.8, 4) is 5.75 Å². The maximum atomic E-state index is 13.7. The predicted molar refractivity (Wildman–Crippen MR) is 88.3 cm³/mol. The third-order valence-electron chi connectivity index (χ3n) is 3.46. The first-order valence-corrected chi connectivity index (χ1v) is 7.44. The summed E-state index contributed by atoms with van der Waals surface area (Å²) in [5.41, 5.74) is 1.43. The fraction of sp³-hybridized carbons (Fsp3) is 0.333. The smallest absolute Gasteiger partial charge is 0.146 e. The average molecular weight is 319 g/mol. The van der Waals surface area contributed by atoms with E-state index in [0.717, 1.165) is 11.3 Å². The highest BCUT2D eigenvalue weighted by atomic mass is 19.1. The van der Waals surface area contributed by atoms with Crippen molar-refractivity contribution < 1.29 is 19.0 Å². The van der Waals surface area contributed by atoms with Gasteiger partial charge >= 0.3 is 0 Å². The lowest BCUT2D eigenvalue weighted by atomic mass is 10.2. The number of rotatable bonds is 8. The van der Waals surface area contributed by atoms with E-state index in [-0.39, 0.29) is 12.4 Å². The molecule has 0 fully saturated rings. The van der Waals surface area contributed by atoms with Gasteiger partial charge in [-0.15, -0.1) is 0 Å². The van der Waals surface area contributed by atoms with Gasteiger partial charge in [-0.25, -0.2) is 4.39 Å². The Morgan fingerprint density at radius 2 is 1.96 bits per heavy atom. The van der Waals surface area contributed by atoms with E-state index >= 15 is 0 Å². The molecule has 5 heteroatoms. The van der Waals surface area contributed by atoms with Gasteiger partial charge in [0.05, 0.1) is 32.1 Å². The van der Waals surface area contributed by atoms with Gasteiger partial charge in [-0.05, 0) is 29.8 Å². The zero-order valence-electron chi connectivity index (χ0n) is 13.4. The molecule has 4 nitrogen and oxygen atoms in total. The topological polar surface area (TPSA) is 41.9 Å². The minimum atomic E-state index is -0.704. The molecule has 0 spiro atoms. The Kier molecular flexibility index (Phi) is 6.38. The van der Waals surface area contributed by atoms with E-state index in [1.165, 1.54) is 6.07 Å². The molecule has 23 heavy (non-hydrogen) atoms. The summed E-state index contributed by atoms with van der Waals surface area (Å²) >= 11 is 0. The molecule has 0 saturated carbocycles. The van der Waals surface area contributed by atoms with Crippen LogP contribution in [0.4, 0.5) is 10.1 Å². The lowest BCUT2D eigenvalue weighted by Gasteiger charge is -2.23. The van der Waals surface area contributed by atoms with Crippen molar-refractivity contribution in [2.75, 3.05) is 32.2 Å². The first kappa shape index (κ1) is 17.2. The van der Waals surface area contributed by atoms with E-state index in [0.29, 0.717) is 18.8 Å². The lowest BCUT2D eigenvalue weighted by molar-refractivity contribution is 0.0323. The van der Waals surface area contributed by atoms with Crippen LogP contribution in [-0.4, -0.2) is 38.5 Å². The molecule has 2 aromatic rings. The fourth-order valence-electron chi connectivity index (χ4n) is 2.30. The van der Waals surface area contributed by atoms with Gasteiger partial charge in [0.1, 0.15) is 11.6 Å². The third kappa shape index (κ3) is 5.23. The number of ether oxygens (including phenoxy) is 2. The van der Waals surface area contributed by atoms with Gasteiger partial charge in [0.15, 0.2) is 0 Å². The second kappa shape index (κ2) is 8.50. The summed E-state index contributed by atoms with van der Waals surface area (Å²) < 4.78 is 24.3. The number of nitrogens with zero attached hydrogens (tertiary/aromatic N) is 1. The van der Waals surface area contributed by atoms with Crippen LogP contribution in [0.25, 0.3) is 0 Å². The number of aliphatic hydroxyl groups is 1. The van der Waals surface area contributed by atoms with Crippen LogP contribution < -0.4 is 9.64 Å². The van der Waals surface area contributed by atoms with Crippen LogP contribution in [0, 0.1) is 5.82 Å². The molecule has 0 heterocycles. The van der Waals surface area contributed by atoms with Crippen LogP contribution in [-0.2, 0) is 11.3 Å². The SMILES string of the molecule is COc1cccc(COCC(O)CN(C)c2ccccc2F)c1. The molecule has 2 aromatic carbocycles. The molecule has 0 bridgehead atoms. The maximum Gasteiger partial charge on any atom is 0.146 e. The van der Waals surface area contributed by atoms with E-state index in [2.05, 4.69) is 0 Å². The van der Waals surface area contributed by atoms with Crippen molar-refractivity contribution >= 4 is 5.69 Å². The zero-order valence-corrected chi connectivity index (χ0v) is 13.4. The molecule has 124 valence electrons. The number of likely N-dealkylation sites (N-methyl/N-ethyl adjacent to an activating group) is 1. The molecule has 1 atom stereocenters. The second-order valence-corrected chi connectivity index (χ2v) is 5.35. The van der Waals surface area contributed by atoms with Gasteiger partial charge in [-0.2, -0.15) is 0 Å². The minimum absolute atomic E-state index is 0.177. The molecule has 0 radical (unpaired) electrons. The molecule has 0 amide bonds. The van der Waals surface area contributed by atoms with Crippen LogP contribution in [0.5, 0.6) is 5.75 Å². The van der Waals surface area contributed by atoms with Crippen molar-refractivity contribution in [3.05, 3.63) is 59.9 Å². The fourth-order valence-corrected chi connectivity index (χ4v) is 2.30. The van der Waals surface area contributed by atoms with E-state index < -0.39 is 6.10 Å².